The lowest BCUT2D eigenvalue weighted by Crippen LogP contribution is -2.19. The highest BCUT2D eigenvalue weighted by Gasteiger charge is 2.39. The molecular formula is C48H70O6. The number of cyclic esters (lactones) is 4. The molecule has 0 aromatic rings. The van der Waals surface area contributed by atoms with Gasteiger partial charge < -0.3 is 9.47 Å². The largest absolute Gasteiger partial charge is 0.393 e. The minimum Gasteiger partial charge on any atom is -0.393 e. The van der Waals surface area contributed by atoms with E-state index in [0.717, 1.165) is 83.5 Å². The molecule has 0 spiro atoms. The molecule has 0 saturated carbocycles. The van der Waals surface area contributed by atoms with Crippen LogP contribution in [0.3, 0.4) is 0 Å². The summed E-state index contributed by atoms with van der Waals surface area (Å²) in [4.78, 5) is 49.4. The Morgan fingerprint density at radius 2 is 1.09 bits per heavy atom. The third kappa shape index (κ3) is 19.0. The standard InChI is InChI=1S/C48H70O6/c1-9-10-11-12-13-14-28-42(44-34-46(50)54-48(44)52)32-31-40(26-17-24-37(6)22-15-20-35(2)3)27-19-30-41(39(8)43-33-45(49)53-47(43)51)29-18-25-38(7)23-16-21-36(4)5/h10-11,14,20-21,24-25,28,30-31,39,42-44H,9,12-13,15-19,22-23,26-27,29,32-34H2,1-8H3/b11-10+,28-14+,37-24+,38-25+,40-31+,41-30+. The van der Waals surface area contributed by atoms with Gasteiger partial charge in [-0.25, -0.2) is 0 Å². The molecule has 298 valence electrons. The van der Waals surface area contributed by atoms with Crippen LogP contribution in [-0.4, -0.2) is 23.9 Å². The van der Waals surface area contributed by atoms with E-state index in [0.29, 0.717) is 6.42 Å². The van der Waals surface area contributed by atoms with Gasteiger partial charge in [0.25, 0.3) is 0 Å². The van der Waals surface area contributed by atoms with Crippen molar-refractivity contribution in [1.29, 1.82) is 0 Å². The van der Waals surface area contributed by atoms with E-state index in [4.69, 9.17) is 9.47 Å². The summed E-state index contributed by atoms with van der Waals surface area (Å²) < 4.78 is 9.93. The lowest BCUT2D eigenvalue weighted by molar-refractivity contribution is -0.155. The first-order valence-corrected chi connectivity index (χ1v) is 20.6. The highest BCUT2D eigenvalue weighted by atomic mass is 16.6. The summed E-state index contributed by atoms with van der Waals surface area (Å²) >= 11 is 0. The maximum absolute atomic E-state index is 12.7. The van der Waals surface area contributed by atoms with Crippen molar-refractivity contribution in [3.05, 3.63) is 94.2 Å². The fraction of sp³-hybridized carbons (Fsp3) is 0.583. The van der Waals surface area contributed by atoms with Crippen LogP contribution in [0.4, 0.5) is 0 Å². The minimum atomic E-state index is -0.464. The molecule has 4 unspecified atom stereocenters. The number of esters is 4. The zero-order chi connectivity index (χ0) is 39.9. The van der Waals surface area contributed by atoms with Crippen LogP contribution in [0.5, 0.6) is 0 Å². The summed E-state index contributed by atoms with van der Waals surface area (Å²) in [5, 5.41) is 0. The molecule has 2 heterocycles. The van der Waals surface area contributed by atoms with Gasteiger partial charge in [0.05, 0.1) is 24.7 Å². The predicted molar refractivity (Wildman–Crippen MR) is 222 cm³/mol. The monoisotopic (exact) mass is 743 g/mol. The van der Waals surface area contributed by atoms with Crippen molar-refractivity contribution < 1.29 is 28.7 Å². The Bertz CT molecular complexity index is 1480. The van der Waals surface area contributed by atoms with Crippen molar-refractivity contribution in [3.8, 4) is 0 Å². The molecule has 0 bridgehead atoms. The molecule has 2 aliphatic heterocycles. The Balaban J connectivity index is 2.32. The van der Waals surface area contributed by atoms with Crippen molar-refractivity contribution >= 4 is 23.9 Å². The Morgan fingerprint density at radius 1 is 0.593 bits per heavy atom. The maximum atomic E-state index is 12.7. The number of ether oxygens (including phenoxy) is 2. The lowest BCUT2D eigenvalue weighted by atomic mass is 9.83. The van der Waals surface area contributed by atoms with Crippen LogP contribution in [0, 0.1) is 23.7 Å². The third-order valence-corrected chi connectivity index (χ3v) is 10.4. The van der Waals surface area contributed by atoms with Crippen LogP contribution in [0.25, 0.3) is 0 Å². The Hall–Kier alpha value is -3.80. The molecule has 54 heavy (non-hydrogen) atoms. The van der Waals surface area contributed by atoms with Gasteiger partial charge in [-0.15, -0.1) is 0 Å². The topological polar surface area (TPSA) is 86.7 Å². The summed E-state index contributed by atoms with van der Waals surface area (Å²) in [7, 11) is 0. The highest BCUT2D eigenvalue weighted by Crippen LogP contribution is 2.34. The normalized spacial score (nSPS) is 19.9. The number of rotatable bonds is 25. The second-order valence-electron chi connectivity index (χ2n) is 15.8. The molecular weight excluding hydrogens is 673 g/mol. The number of hydrogen-bond donors (Lipinski definition) is 0. The Kier molecular flexibility index (Phi) is 22.4. The maximum Gasteiger partial charge on any atom is 0.317 e. The molecule has 6 nitrogen and oxygen atoms in total. The summed E-state index contributed by atoms with van der Waals surface area (Å²) in [6.07, 6.45) is 35.5. The second-order valence-corrected chi connectivity index (χ2v) is 15.8. The number of unbranched alkanes of at least 4 members (excludes halogenated alkanes) is 1. The van der Waals surface area contributed by atoms with Crippen molar-refractivity contribution in [1.82, 2.24) is 0 Å². The predicted octanol–water partition coefficient (Wildman–Crippen LogP) is 12.7. The number of hydrogen-bond acceptors (Lipinski definition) is 6. The SMILES string of the molecule is CC/C=C/CC/C=C/C(C/C=C(\CC/C=C(\C)CCC=C(C)C)CC/C=C(\CC/C=C(\C)CCC=C(C)C)C(C)C1CC(=O)OC1=O)C1CC(=O)OC1=O. The van der Waals surface area contributed by atoms with E-state index in [1.165, 1.54) is 33.4 Å². The first kappa shape index (κ1) is 46.4. The zero-order valence-electron chi connectivity index (χ0n) is 34.8. The third-order valence-electron chi connectivity index (χ3n) is 10.4. The Morgan fingerprint density at radius 3 is 1.61 bits per heavy atom. The summed E-state index contributed by atoms with van der Waals surface area (Å²) in [6.45, 7) is 17.1. The van der Waals surface area contributed by atoms with E-state index in [-0.39, 0.29) is 24.7 Å². The van der Waals surface area contributed by atoms with Crippen LogP contribution in [0.15, 0.2) is 94.2 Å². The van der Waals surface area contributed by atoms with Gasteiger partial charge in [-0.2, -0.15) is 0 Å². The molecule has 2 aliphatic rings. The summed E-state index contributed by atoms with van der Waals surface area (Å²) in [5.74, 6) is -2.82. The van der Waals surface area contributed by atoms with E-state index in [1.54, 1.807) is 0 Å². The molecule has 4 atom stereocenters. The van der Waals surface area contributed by atoms with Gasteiger partial charge in [-0.1, -0.05) is 108 Å². The van der Waals surface area contributed by atoms with E-state index in [9.17, 15) is 19.2 Å². The van der Waals surface area contributed by atoms with Crippen LogP contribution < -0.4 is 0 Å². The quantitative estimate of drug-likeness (QED) is 0.0400. The molecule has 0 aliphatic carbocycles. The lowest BCUT2D eigenvalue weighted by Gasteiger charge is -2.20. The molecule has 0 aromatic carbocycles. The fourth-order valence-electron chi connectivity index (χ4n) is 7.04. The number of allylic oxidation sites excluding steroid dienone is 16. The molecule has 0 amide bonds. The molecule has 0 N–H and O–H groups in total. The van der Waals surface area contributed by atoms with Gasteiger partial charge in [0.1, 0.15) is 0 Å². The van der Waals surface area contributed by atoms with Crippen molar-refractivity contribution in [2.45, 2.75) is 158 Å². The van der Waals surface area contributed by atoms with Gasteiger partial charge in [0, 0.05) is 0 Å². The molecule has 6 heteroatoms. The van der Waals surface area contributed by atoms with Crippen molar-refractivity contribution in [3.63, 3.8) is 0 Å². The van der Waals surface area contributed by atoms with Crippen molar-refractivity contribution in [2.24, 2.45) is 23.7 Å². The van der Waals surface area contributed by atoms with Crippen LogP contribution >= 0.6 is 0 Å². The number of carbonyl (C=O) groups excluding carboxylic acids is 4. The van der Waals surface area contributed by atoms with Crippen LogP contribution in [0.1, 0.15) is 158 Å². The number of carbonyl (C=O) groups is 4. The van der Waals surface area contributed by atoms with Gasteiger partial charge in [-0.3, -0.25) is 19.2 Å². The zero-order valence-corrected chi connectivity index (χ0v) is 34.8. The average molecular weight is 743 g/mol. The first-order valence-electron chi connectivity index (χ1n) is 20.6. The molecule has 2 saturated heterocycles. The van der Waals surface area contributed by atoms with Gasteiger partial charge in [0.2, 0.25) is 0 Å². The molecule has 0 aromatic heterocycles. The molecule has 2 rings (SSSR count). The smallest absolute Gasteiger partial charge is 0.317 e. The summed E-state index contributed by atoms with van der Waals surface area (Å²) in [5.41, 5.74) is 7.93. The molecule has 2 fully saturated rings. The highest BCUT2D eigenvalue weighted by molar-refractivity contribution is 5.95. The summed E-state index contributed by atoms with van der Waals surface area (Å²) in [6, 6.07) is 0. The van der Waals surface area contributed by atoms with Gasteiger partial charge in [-0.05, 0) is 143 Å². The van der Waals surface area contributed by atoms with E-state index < -0.39 is 35.7 Å². The van der Waals surface area contributed by atoms with Gasteiger partial charge >= 0.3 is 23.9 Å². The van der Waals surface area contributed by atoms with Crippen LogP contribution in [-0.2, 0) is 28.7 Å². The first-order chi connectivity index (χ1) is 25.8. The second kappa shape index (κ2) is 26.1. The van der Waals surface area contributed by atoms with E-state index >= 15 is 0 Å². The van der Waals surface area contributed by atoms with E-state index in [1.807, 2.05) is 0 Å². The van der Waals surface area contributed by atoms with Crippen LogP contribution in [0.2, 0.25) is 0 Å². The van der Waals surface area contributed by atoms with Gasteiger partial charge in [0.15, 0.2) is 0 Å². The Labute approximate surface area is 327 Å². The van der Waals surface area contributed by atoms with E-state index in [2.05, 4.69) is 116 Å². The minimum absolute atomic E-state index is 0.0882. The fourth-order valence-corrected chi connectivity index (χ4v) is 7.04. The molecule has 0 radical (unpaired) electrons. The van der Waals surface area contributed by atoms with Crippen molar-refractivity contribution in [2.75, 3.05) is 0 Å². The average Bonchev–Trinajstić information content (AvgIpc) is 3.63.